The second-order valence-electron chi connectivity index (χ2n) is 4.30. The summed E-state index contributed by atoms with van der Waals surface area (Å²) in [6.45, 7) is 2.55. The molecule has 2 N–H and O–H groups in total. The second kappa shape index (κ2) is 5.08. The van der Waals surface area contributed by atoms with Gasteiger partial charge in [0.05, 0.1) is 11.3 Å². The first-order valence-corrected chi connectivity index (χ1v) is 6.03. The highest BCUT2D eigenvalue weighted by Crippen LogP contribution is 2.27. The summed E-state index contributed by atoms with van der Waals surface area (Å²) in [4.78, 5) is 24.8. The number of aromatic carboxylic acids is 1. The second-order valence-corrected chi connectivity index (χ2v) is 4.30. The van der Waals surface area contributed by atoms with Crippen LogP contribution in [0.3, 0.4) is 0 Å². The highest BCUT2D eigenvalue weighted by atomic mass is 16.4. The molecule has 1 aliphatic rings. The smallest absolute Gasteiger partial charge is 0.337 e. The van der Waals surface area contributed by atoms with Crippen molar-refractivity contribution in [2.24, 2.45) is 0 Å². The van der Waals surface area contributed by atoms with Gasteiger partial charge >= 0.3 is 12.0 Å². The number of anilines is 1. The van der Waals surface area contributed by atoms with Crippen molar-refractivity contribution in [1.29, 1.82) is 0 Å². The van der Waals surface area contributed by atoms with Crippen LogP contribution in [-0.4, -0.2) is 34.6 Å². The van der Waals surface area contributed by atoms with E-state index in [1.807, 2.05) is 6.92 Å². The van der Waals surface area contributed by atoms with Crippen LogP contribution in [0.25, 0.3) is 0 Å². The van der Waals surface area contributed by atoms with Crippen LogP contribution in [0.4, 0.5) is 10.5 Å². The van der Waals surface area contributed by atoms with Gasteiger partial charge in [-0.05, 0) is 31.9 Å². The summed E-state index contributed by atoms with van der Waals surface area (Å²) < 4.78 is 0. The number of carboxylic acid groups (broad SMARTS) is 1. The molecule has 2 rings (SSSR count). The number of urea groups is 1. The van der Waals surface area contributed by atoms with Crippen LogP contribution in [-0.2, 0) is 0 Å². The van der Waals surface area contributed by atoms with E-state index in [0.29, 0.717) is 18.3 Å². The largest absolute Gasteiger partial charge is 0.478 e. The number of amides is 2. The van der Waals surface area contributed by atoms with E-state index in [2.05, 4.69) is 5.32 Å². The Kier molecular flexibility index (Phi) is 3.50. The Bertz CT molecular complexity index is 469. The Morgan fingerprint density at radius 1 is 1.39 bits per heavy atom. The lowest BCUT2D eigenvalue weighted by molar-refractivity contribution is 0.0698. The van der Waals surface area contributed by atoms with E-state index < -0.39 is 5.97 Å². The van der Waals surface area contributed by atoms with Crippen molar-refractivity contribution in [3.05, 3.63) is 29.8 Å². The number of nitrogens with zero attached hydrogens (tertiary/aromatic N) is 1. The highest BCUT2D eigenvalue weighted by molar-refractivity contribution is 6.00. The van der Waals surface area contributed by atoms with Crippen LogP contribution in [0, 0.1) is 0 Å². The van der Waals surface area contributed by atoms with Gasteiger partial charge in [-0.15, -0.1) is 0 Å². The number of carboxylic acids is 1. The minimum atomic E-state index is -1.04. The summed E-state index contributed by atoms with van der Waals surface area (Å²) in [6, 6.07) is 6.50. The van der Waals surface area contributed by atoms with Crippen LogP contribution in [0.2, 0.25) is 0 Å². The average Bonchev–Trinajstić information content (AvgIpc) is 3.15. The molecule has 18 heavy (non-hydrogen) atoms. The van der Waals surface area contributed by atoms with Gasteiger partial charge < -0.3 is 15.3 Å². The number of carbonyl (C=O) groups is 2. The van der Waals surface area contributed by atoms with Gasteiger partial charge in [0.25, 0.3) is 0 Å². The molecule has 1 aliphatic carbocycles. The number of hydrogen-bond donors (Lipinski definition) is 2. The summed E-state index contributed by atoms with van der Waals surface area (Å²) in [5.41, 5.74) is 0.451. The third-order valence-corrected chi connectivity index (χ3v) is 2.99. The molecule has 5 nitrogen and oxygen atoms in total. The maximum absolute atomic E-state index is 12.0. The van der Waals surface area contributed by atoms with Crippen LogP contribution in [0.15, 0.2) is 24.3 Å². The Morgan fingerprint density at radius 3 is 2.61 bits per heavy atom. The van der Waals surface area contributed by atoms with Gasteiger partial charge in [-0.2, -0.15) is 0 Å². The van der Waals surface area contributed by atoms with E-state index in [-0.39, 0.29) is 11.6 Å². The van der Waals surface area contributed by atoms with E-state index in [1.54, 1.807) is 23.1 Å². The lowest BCUT2D eigenvalue weighted by Gasteiger charge is -2.21. The van der Waals surface area contributed by atoms with Crippen LogP contribution in [0.5, 0.6) is 0 Å². The fourth-order valence-electron chi connectivity index (χ4n) is 1.92. The topological polar surface area (TPSA) is 69.6 Å². The molecule has 0 aromatic heterocycles. The van der Waals surface area contributed by atoms with Gasteiger partial charge in [0.1, 0.15) is 0 Å². The molecule has 96 valence electrons. The molecule has 0 aliphatic heterocycles. The molecule has 0 spiro atoms. The minimum Gasteiger partial charge on any atom is -0.478 e. The van der Waals surface area contributed by atoms with E-state index in [1.165, 1.54) is 6.07 Å². The van der Waals surface area contributed by atoms with Crippen molar-refractivity contribution >= 4 is 17.7 Å². The summed E-state index contributed by atoms with van der Waals surface area (Å²) in [5.74, 6) is -1.04. The number of carbonyl (C=O) groups excluding carboxylic acids is 1. The first-order valence-electron chi connectivity index (χ1n) is 6.03. The molecular weight excluding hydrogens is 232 g/mol. The van der Waals surface area contributed by atoms with Gasteiger partial charge in [0.2, 0.25) is 0 Å². The van der Waals surface area contributed by atoms with Crippen molar-refractivity contribution in [2.45, 2.75) is 25.8 Å². The van der Waals surface area contributed by atoms with Gasteiger partial charge in [0.15, 0.2) is 0 Å². The summed E-state index contributed by atoms with van der Waals surface area (Å²) in [5, 5.41) is 11.7. The number of para-hydroxylation sites is 1. The number of nitrogens with one attached hydrogen (secondary N) is 1. The molecule has 1 fully saturated rings. The normalized spacial score (nSPS) is 14.1. The quantitative estimate of drug-likeness (QED) is 0.859. The van der Waals surface area contributed by atoms with Crippen LogP contribution in [0.1, 0.15) is 30.1 Å². The zero-order valence-electron chi connectivity index (χ0n) is 10.2. The first kappa shape index (κ1) is 12.4. The van der Waals surface area contributed by atoms with E-state index in [9.17, 15) is 9.59 Å². The Balaban J connectivity index is 2.13. The molecule has 1 aromatic carbocycles. The fraction of sp³-hybridized carbons (Fsp3) is 0.385. The molecule has 0 bridgehead atoms. The van der Waals surface area contributed by atoms with Crippen LogP contribution < -0.4 is 5.32 Å². The molecule has 0 heterocycles. The Hall–Kier alpha value is -2.04. The minimum absolute atomic E-state index is 0.109. The van der Waals surface area contributed by atoms with Crippen molar-refractivity contribution < 1.29 is 14.7 Å². The predicted molar refractivity (Wildman–Crippen MR) is 67.8 cm³/mol. The van der Waals surface area contributed by atoms with Crippen molar-refractivity contribution in [3.63, 3.8) is 0 Å². The number of benzene rings is 1. The summed E-state index contributed by atoms with van der Waals surface area (Å²) in [6.07, 6.45) is 2.06. The summed E-state index contributed by atoms with van der Waals surface area (Å²) >= 11 is 0. The first-order chi connectivity index (χ1) is 8.63. The zero-order chi connectivity index (χ0) is 13.1. The van der Waals surface area contributed by atoms with Crippen molar-refractivity contribution in [1.82, 2.24) is 4.90 Å². The Morgan fingerprint density at radius 2 is 2.06 bits per heavy atom. The van der Waals surface area contributed by atoms with Gasteiger partial charge in [-0.1, -0.05) is 12.1 Å². The predicted octanol–water partition coefficient (Wildman–Crippen LogP) is 2.40. The molecule has 5 heteroatoms. The molecule has 0 unspecified atom stereocenters. The lowest BCUT2D eigenvalue weighted by atomic mass is 10.2. The highest BCUT2D eigenvalue weighted by Gasteiger charge is 2.31. The van der Waals surface area contributed by atoms with Crippen molar-refractivity contribution in [3.8, 4) is 0 Å². The Labute approximate surface area is 105 Å². The molecule has 0 radical (unpaired) electrons. The monoisotopic (exact) mass is 248 g/mol. The van der Waals surface area contributed by atoms with Gasteiger partial charge in [-0.25, -0.2) is 9.59 Å². The third-order valence-electron chi connectivity index (χ3n) is 2.99. The number of rotatable bonds is 4. The zero-order valence-corrected chi connectivity index (χ0v) is 10.2. The van der Waals surface area contributed by atoms with E-state index in [4.69, 9.17) is 5.11 Å². The molecule has 1 aromatic rings. The molecule has 2 amide bonds. The van der Waals surface area contributed by atoms with Crippen LogP contribution >= 0.6 is 0 Å². The molecular formula is C13H16N2O3. The molecule has 0 atom stereocenters. The molecule has 0 saturated heterocycles. The SMILES string of the molecule is CCN(C(=O)Nc1ccccc1C(=O)O)C1CC1. The summed E-state index contributed by atoms with van der Waals surface area (Å²) in [7, 11) is 0. The maximum atomic E-state index is 12.0. The lowest BCUT2D eigenvalue weighted by Crippen LogP contribution is -2.36. The maximum Gasteiger partial charge on any atom is 0.337 e. The third kappa shape index (κ3) is 2.61. The average molecular weight is 248 g/mol. The van der Waals surface area contributed by atoms with Crippen molar-refractivity contribution in [2.75, 3.05) is 11.9 Å². The molecule has 1 saturated carbocycles. The number of hydrogen-bond acceptors (Lipinski definition) is 2. The standard InChI is InChI=1S/C13H16N2O3/c1-2-15(9-7-8-9)13(18)14-11-6-4-3-5-10(11)12(16)17/h3-6,9H,2,7-8H2,1H3,(H,14,18)(H,16,17). The van der Waals surface area contributed by atoms with E-state index in [0.717, 1.165) is 12.8 Å². The van der Waals surface area contributed by atoms with Gasteiger partial charge in [0, 0.05) is 12.6 Å². The van der Waals surface area contributed by atoms with E-state index >= 15 is 0 Å². The fourth-order valence-corrected chi connectivity index (χ4v) is 1.92. The van der Waals surface area contributed by atoms with Gasteiger partial charge in [-0.3, -0.25) is 0 Å².